The molecule has 1 N–H and O–H groups in total. The van der Waals surface area contributed by atoms with Gasteiger partial charge >= 0.3 is 0 Å². The number of rotatable bonds is 2. The lowest BCUT2D eigenvalue weighted by Gasteiger charge is -2.11. The number of hydrogen-bond donors (Lipinski definition) is 1. The second kappa shape index (κ2) is 5.18. The standard InChI is InChI=1S/C17H16N4O/c1-18-17-6-5-13-14-4-3-12(21-9-2-8-19-21)11-16(14)22-10-7-15(13)20-17/h2-6,8-9,11H,7,10H2,1H3,(H,18,20). The maximum absolute atomic E-state index is 5.94. The summed E-state index contributed by atoms with van der Waals surface area (Å²) in [4.78, 5) is 4.65. The van der Waals surface area contributed by atoms with Crippen molar-refractivity contribution < 1.29 is 4.74 Å². The molecular weight excluding hydrogens is 276 g/mol. The fourth-order valence-corrected chi connectivity index (χ4v) is 2.75. The summed E-state index contributed by atoms with van der Waals surface area (Å²) in [7, 11) is 1.88. The van der Waals surface area contributed by atoms with E-state index in [1.54, 1.807) is 6.20 Å². The van der Waals surface area contributed by atoms with Crippen molar-refractivity contribution in [3.05, 3.63) is 54.5 Å². The van der Waals surface area contributed by atoms with E-state index in [4.69, 9.17) is 4.74 Å². The monoisotopic (exact) mass is 292 g/mol. The molecule has 0 fully saturated rings. The quantitative estimate of drug-likeness (QED) is 0.789. The predicted octanol–water partition coefficient (Wildman–Crippen LogP) is 2.91. The third kappa shape index (κ3) is 2.11. The lowest BCUT2D eigenvalue weighted by atomic mass is 10.0. The summed E-state index contributed by atoms with van der Waals surface area (Å²) in [6.07, 6.45) is 4.49. The van der Waals surface area contributed by atoms with E-state index in [-0.39, 0.29) is 0 Å². The molecule has 3 aromatic rings. The zero-order valence-electron chi connectivity index (χ0n) is 12.3. The maximum atomic E-state index is 5.94. The van der Waals surface area contributed by atoms with Gasteiger partial charge in [-0.2, -0.15) is 5.10 Å². The Kier molecular flexibility index (Phi) is 3.04. The molecule has 4 rings (SSSR count). The van der Waals surface area contributed by atoms with E-state index in [1.165, 1.54) is 0 Å². The Balaban J connectivity index is 1.83. The van der Waals surface area contributed by atoms with Crippen molar-refractivity contribution in [1.29, 1.82) is 0 Å². The molecule has 110 valence electrons. The van der Waals surface area contributed by atoms with Crippen LogP contribution in [-0.2, 0) is 6.42 Å². The summed E-state index contributed by atoms with van der Waals surface area (Å²) in [5, 5.41) is 7.35. The summed E-state index contributed by atoms with van der Waals surface area (Å²) in [6.45, 7) is 0.628. The van der Waals surface area contributed by atoms with Crippen LogP contribution in [0.3, 0.4) is 0 Å². The van der Waals surface area contributed by atoms with Crippen LogP contribution in [0.5, 0.6) is 5.75 Å². The van der Waals surface area contributed by atoms with Crippen LogP contribution in [0, 0.1) is 0 Å². The van der Waals surface area contributed by atoms with Crippen LogP contribution in [0.2, 0.25) is 0 Å². The first-order valence-corrected chi connectivity index (χ1v) is 7.30. The molecule has 2 aromatic heterocycles. The Bertz CT molecular complexity index is 812. The van der Waals surface area contributed by atoms with Crippen LogP contribution >= 0.6 is 0 Å². The van der Waals surface area contributed by atoms with Gasteiger partial charge in [0, 0.05) is 43.1 Å². The van der Waals surface area contributed by atoms with Crippen LogP contribution in [0.25, 0.3) is 16.8 Å². The van der Waals surface area contributed by atoms with Crippen LogP contribution in [-0.4, -0.2) is 28.4 Å². The summed E-state index contributed by atoms with van der Waals surface area (Å²) < 4.78 is 7.77. The van der Waals surface area contributed by atoms with Crippen LogP contribution in [0.15, 0.2) is 48.8 Å². The highest BCUT2D eigenvalue weighted by Crippen LogP contribution is 2.36. The van der Waals surface area contributed by atoms with E-state index >= 15 is 0 Å². The molecule has 0 saturated heterocycles. The van der Waals surface area contributed by atoms with Crippen molar-refractivity contribution in [2.24, 2.45) is 0 Å². The minimum absolute atomic E-state index is 0.628. The van der Waals surface area contributed by atoms with Crippen LogP contribution in [0.1, 0.15) is 5.69 Å². The highest BCUT2D eigenvalue weighted by Gasteiger charge is 2.17. The van der Waals surface area contributed by atoms with Crippen LogP contribution in [0.4, 0.5) is 5.82 Å². The molecule has 3 heterocycles. The van der Waals surface area contributed by atoms with Gasteiger partial charge in [-0.1, -0.05) is 0 Å². The third-order valence-corrected chi connectivity index (χ3v) is 3.85. The number of anilines is 1. The van der Waals surface area contributed by atoms with Gasteiger partial charge < -0.3 is 10.1 Å². The third-order valence-electron chi connectivity index (χ3n) is 3.85. The molecular formula is C17H16N4O. The second-order valence-electron chi connectivity index (χ2n) is 5.17. The lowest BCUT2D eigenvalue weighted by Crippen LogP contribution is -2.02. The molecule has 5 nitrogen and oxygen atoms in total. The molecule has 1 aromatic carbocycles. The van der Waals surface area contributed by atoms with Gasteiger partial charge in [0.15, 0.2) is 0 Å². The average Bonchev–Trinajstić information content (AvgIpc) is 3.03. The van der Waals surface area contributed by atoms with E-state index < -0.39 is 0 Å². The number of fused-ring (bicyclic) bond motifs is 3. The van der Waals surface area contributed by atoms with Gasteiger partial charge in [-0.25, -0.2) is 9.67 Å². The smallest absolute Gasteiger partial charge is 0.129 e. The molecule has 0 amide bonds. The van der Waals surface area contributed by atoms with Gasteiger partial charge in [0.1, 0.15) is 11.6 Å². The summed E-state index contributed by atoms with van der Waals surface area (Å²) in [5.41, 5.74) is 4.28. The van der Waals surface area contributed by atoms with E-state index in [0.29, 0.717) is 6.61 Å². The molecule has 22 heavy (non-hydrogen) atoms. The summed E-state index contributed by atoms with van der Waals surface area (Å²) in [5.74, 6) is 1.76. The maximum Gasteiger partial charge on any atom is 0.129 e. The van der Waals surface area contributed by atoms with Crippen molar-refractivity contribution in [1.82, 2.24) is 14.8 Å². The number of benzene rings is 1. The number of nitrogens with zero attached hydrogens (tertiary/aromatic N) is 3. The SMILES string of the molecule is CNc1ccc2c(n1)CCOc1cc(-n3cccn3)ccc1-2. The first-order valence-electron chi connectivity index (χ1n) is 7.30. The average molecular weight is 292 g/mol. The van der Waals surface area contributed by atoms with Crippen molar-refractivity contribution >= 4 is 5.82 Å². The van der Waals surface area contributed by atoms with E-state index in [1.807, 2.05) is 36.1 Å². The Labute approximate surface area is 128 Å². The molecule has 5 heteroatoms. The van der Waals surface area contributed by atoms with Gasteiger partial charge in [-0.05, 0) is 30.3 Å². The highest BCUT2D eigenvalue weighted by atomic mass is 16.5. The molecule has 1 aliphatic rings. The summed E-state index contributed by atoms with van der Waals surface area (Å²) >= 11 is 0. The Morgan fingerprint density at radius 2 is 2.09 bits per heavy atom. The Morgan fingerprint density at radius 3 is 2.91 bits per heavy atom. The van der Waals surface area contributed by atoms with E-state index in [2.05, 4.69) is 33.6 Å². The van der Waals surface area contributed by atoms with Gasteiger partial charge in [0.25, 0.3) is 0 Å². The van der Waals surface area contributed by atoms with Gasteiger partial charge in [-0.15, -0.1) is 0 Å². The predicted molar refractivity (Wildman–Crippen MR) is 85.5 cm³/mol. The Morgan fingerprint density at radius 1 is 1.18 bits per heavy atom. The normalized spacial score (nSPS) is 12.8. The van der Waals surface area contributed by atoms with E-state index in [0.717, 1.165) is 40.5 Å². The second-order valence-corrected chi connectivity index (χ2v) is 5.17. The van der Waals surface area contributed by atoms with E-state index in [9.17, 15) is 0 Å². The lowest BCUT2D eigenvalue weighted by molar-refractivity contribution is 0.325. The Hall–Kier alpha value is -2.82. The van der Waals surface area contributed by atoms with Gasteiger partial charge in [0.2, 0.25) is 0 Å². The van der Waals surface area contributed by atoms with Crippen LogP contribution < -0.4 is 10.1 Å². The molecule has 0 unspecified atom stereocenters. The first-order chi connectivity index (χ1) is 10.8. The molecule has 0 atom stereocenters. The topological polar surface area (TPSA) is 52.0 Å². The van der Waals surface area contributed by atoms with Crippen molar-refractivity contribution in [3.8, 4) is 22.6 Å². The molecule has 0 aliphatic carbocycles. The molecule has 1 aliphatic heterocycles. The zero-order chi connectivity index (χ0) is 14.9. The van der Waals surface area contributed by atoms with Gasteiger partial charge in [-0.3, -0.25) is 0 Å². The molecule has 0 radical (unpaired) electrons. The number of nitrogens with one attached hydrogen (secondary N) is 1. The fourth-order valence-electron chi connectivity index (χ4n) is 2.75. The molecule has 0 spiro atoms. The van der Waals surface area contributed by atoms with Gasteiger partial charge in [0.05, 0.1) is 18.0 Å². The largest absolute Gasteiger partial charge is 0.492 e. The number of ether oxygens (including phenoxy) is 1. The minimum atomic E-state index is 0.628. The molecule has 0 bridgehead atoms. The number of aromatic nitrogens is 3. The summed E-state index contributed by atoms with van der Waals surface area (Å²) in [6, 6.07) is 12.2. The zero-order valence-corrected chi connectivity index (χ0v) is 12.3. The minimum Gasteiger partial charge on any atom is -0.492 e. The van der Waals surface area contributed by atoms with Crippen molar-refractivity contribution in [2.75, 3.05) is 19.0 Å². The highest BCUT2D eigenvalue weighted by molar-refractivity contribution is 5.75. The first kappa shape index (κ1) is 12.9. The number of pyridine rings is 1. The van der Waals surface area contributed by atoms with Crippen molar-refractivity contribution in [2.45, 2.75) is 6.42 Å². The number of hydrogen-bond acceptors (Lipinski definition) is 4. The fraction of sp³-hybridized carbons (Fsp3) is 0.176. The van der Waals surface area contributed by atoms with Crippen molar-refractivity contribution in [3.63, 3.8) is 0 Å². The molecule has 0 saturated carbocycles.